The Morgan fingerprint density at radius 2 is 1.83 bits per heavy atom. The number of hydrogen-bond acceptors (Lipinski definition) is 2. The zero-order valence-corrected chi connectivity index (χ0v) is 4.71. The maximum atomic E-state index is 5.33. The Morgan fingerprint density at radius 3 is 2.00 bits per heavy atom. The van der Waals surface area contributed by atoms with Crippen LogP contribution >= 0.6 is 19.0 Å². The maximum Gasteiger partial charge on any atom is 0.276 e. The highest BCUT2D eigenvalue weighted by Crippen LogP contribution is 2.46. The summed E-state index contributed by atoms with van der Waals surface area (Å²) in [6, 6.07) is 0. The van der Waals surface area contributed by atoms with Crippen molar-refractivity contribution in [3.63, 3.8) is 0 Å². The fraction of sp³-hybridized carbons (Fsp3) is 1.00. The SMILES string of the molecule is ClP1OCCO1. The van der Waals surface area contributed by atoms with Gasteiger partial charge in [-0.05, 0) is 11.2 Å². The Balaban J connectivity index is 2.18. The van der Waals surface area contributed by atoms with Crippen LogP contribution in [0, 0.1) is 0 Å². The van der Waals surface area contributed by atoms with Crippen LogP contribution < -0.4 is 0 Å². The zero-order valence-electron chi connectivity index (χ0n) is 3.06. The van der Waals surface area contributed by atoms with E-state index in [-0.39, 0.29) is 0 Å². The number of rotatable bonds is 0. The molecule has 36 valence electrons. The summed E-state index contributed by atoms with van der Waals surface area (Å²) in [4.78, 5) is 0. The summed E-state index contributed by atoms with van der Waals surface area (Å²) in [7, 11) is -0.993. The van der Waals surface area contributed by atoms with E-state index in [1.54, 1.807) is 0 Å². The van der Waals surface area contributed by atoms with E-state index in [1.165, 1.54) is 0 Å². The molecule has 2 nitrogen and oxygen atoms in total. The van der Waals surface area contributed by atoms with E-state index in [1.807, 2.05) is 0 Å². The van der Waals surface area contributed by atoms with Crippen LogP contribution in [-0.4, -0.2) is 13.2 Å². The predicted octanol–water partition coefficient (Wildman–Crippen LogP) is 1.50. The number of halogens is 1. The van der Waals surface area contributed by atoms with Gasteiger partial charge in [-0.1, -0.05) is 0 Å². The molecule has 0 radical (unpaired) electrons. The third kappa shape index (κ3) is 1.05. The molecule has 1 saturated heterocycles. The highest BCUT2D eigenvalue weighted by atomic mass is 35.7. The zero-order chi connectivity index (χ0) is 4.41. The summed E-state index contributed by atoms with van der Waals surface area (Å²) in [6.07, 6.45) is 0. The second-order valence-corrected chi connectivity index (χ2v) is 2.65. The molecule has 0 aliphatic carbocycles. The minimum Gasteiger partial charge on any atom is -0.320 e. The highest BCUT2D eigenvalue weighted by molar-refractivity contribution is 7.76. The first-order valence-electron chi connectivity index (χ1n) is 1.61. The molecule has 0 unspecified atom stereocenters. The van der Waals surface area contributed by atoms with Gasteiger partial charge in [-0.15, -0.1) is 0 Å². The van der Waals surface area contributed by atoms with Crippen LogP contribution in [0.25, 0.3) is 0 Å². The van der Waals surface area contributed by atoms with E-state index in [2.05, 4.69) is 0 Å². The molecule has 0 amide bonds. The topological polar surface area (TPSA) is 18.5 Å². The molecule has 0 bridgehead atoms. The van der Waals surface area contributed by atoms with Crippen LogP contribution in [0.1, 0.15) is 0 Å². The molecule has 0 atom stereocenters. The van der Waals surface area contributed by atoms with Gasteiger partial charge in [0.25, 0.3) is 7.73 Å². The van der Waals surface area contributed by atoms with E-state index in [0.29, 0.717) is 13.2 Å². The molecule has 1 rings (SSSR count). The van der Waals surface area contributed by atoms with Gasteiger partial charge >= 0.3 is 0 Å². The van der Waals surface area contributed by atoms with E-state index in [9.17, 15) is 0 Å². The Kier molecular flexibility index (Phi) is 1.66. The summed E-state index contributed by atoms with van der Waals surface area (Å²) < 4.78 is 9.52. The third-order valence-corrected chi connectivity index (χ3v) is 1.83. The van der Waals surface area contributed by atoms with Crippen LogP contribution in [-0.2, 0) is 9.05 Å². The second-order valence-electron chi connectivity index (χ2n) is 0.879. The quantitative estimate of drug-likeness (QED) is 0.458. The predicted molar refractivity (Wildman–Crippen MR) is 24.7 cm³/mol. The first-order chi connectivity index (χ1) is 2.89. The van der Waals surface area contributed by atoms with E-state index in [0.717, 1.165) is 0 Å². The van der Waals surface area contributed by atoms with Crippen LogP contribution in [0.4, 0.5) is 0 Å². The smallest absolute Gasteiger partial charge is 0.276 e. The largest absolute Gasteiger partial charge is 0.320 e. The van der Waals surface area contributed by atoms with Gasteiger partial charge in [0.2, 0.25) is 0 Å². The summed E-state index contributed by atoms with van der Waals surface area (Å²) in [5, 5.41) is 0. The van der Waals surface area contributed by atoms with Gasteiger partial charge in [-0.3, -0.25) is 0 Å². The van der Waals surface area contributed by atoms with E-state index in [4.69, 9.17) is 20.3 Å². The molecule has 0 spiro atoms. The van der Waals surface area contributed by atoms with Crippen molar-refractivity contribution in [2.45, 2.75) is 0 Å². The Morgan fingerprint density at radius 1 is 1.33 bits per heavy atom. The van der Waals surface area contributed by atoms with Crippen molar-refractivity contribution >= 4 is 19.0 Å². The molecule has 1 aliphatic rings. The first kappa shape index (κ1) is 4.79. The van der Waals surface area contributed by atoms with Crippen molar-refractivity contribution in [1.82, 2.24) is 0 Å². The fourth-order valence-electron chi connectivity index (χ4n) is 0.255. The normalized spacial score (nSPS) is 25.5. The first-order valence-corrected chi connectivity index (χ1v) is 3.69. The number of hydrogen-bond donors (Lipinski definition) is 0. The summed E-state index contributed by atoms with van der Waals surface area (Å²) in [5.41, 5.74) is 0. The van der Waals surface area contributed by atoms with Crippen LogP contribution in [0.2, 0.25) is 0 Å². The van der Waals surface area contributed by atoms with E-state index >= 15 is 0 Å². The molecule has 0 aromatic heterocycles. The van der Waals surface area contributed by atoms with Crippen LogP contribution in [0.5, 0.6) is 0 Å². The lowest BCUT2D eigenvalue weighted by Gasteiger charge is -1.89. The van der Waals surface area contributed by atoms with Crippen LogP contribution in [0.15, 0.2) is 0 Å². The summed E-state index contributed by atoms with van der Waals surface area (Å²) >= 11 is 5.33. The minimum absolute atomic E-state index is 0.662. The van der Waals surface area contributed by atoms with E-state index < -0.39 is 7.73 Å². The average Bonchev–Trinajstić information content (AvgIpc) is 1.86. The molecule has 0 aromatic rings. The minimum atomic E-state index is -0.993. The Bertz CT molecular complexity index is 44.8. The van der Waals surface area contributed by atoms with Crippen molar-refractivity contribution in [3.8, 4) is 0 Å². The molecule has 0 saturated carbocycles. The molecule has 6 heavy (non-hydrogen) atoms. The lowest BCUT2D eigenvalue weighted by Crippen LogP contribution is -1.79. The lowest BCUT2D eigenvalue weighted by molar-refractivity contribution is 0.365. The Labute approximate surface area is 42.1 Å². The molecular weight excluding hydrogens is 122 g/mol. The molecule has 1 heterocycles. The van der Waals surface area contributed by atoms with Gasteiger partial charge in [-0.2, -0.15) is 0 Å². The van der Waals surface area contributed by atoms with Crippen molar-refractivity contribution < 1.29 is 9.05 Å². The molecule has 4 heteroatoms. The lowest BCUT2D eigenvalue weighted by atomic mass is 10.8. The van der Waals surface area contributed by atoms with Crippen molar-refractivity contribution in [2.24, 2.45) is 0 Å². The van der Waals surface area contributed by atoms with Crippen LogP contribution in [0.3, 0.4) is 0 Å². The maximum absolute atomic E-state index is 5.33. The van der Waals surface area contributed by atoms with Gasteiger partial charge in [0.15, 0.2) is 0 Å². The summed E-state index contributed by atoms with van der Waals surface area (Å²) in [6.45, 7) is 1.32. The molecular formula is C2H4ClO2P. The van der Waals surface area contributed by atoms with Gasteiger partial charge in [0, 0.05) is 0 Å². The Hall–Kier alpha value is 0.640. The molecule has 0 aromatic carbocycles. The standard InChI is InChI=1S/C2H4ClO2P/c3-6-4-1-2-5-6/h1-2H2. The molecule has 0 N–H and O–H groups in total. The van der Waals surface area contributed by atoms with Gasteiger partial charge in [0.1, 0.15) is 0 Å². The van der Waals surface area contributed by atoms with Gasteiger partial charge < -0.3 is 9.05 Å². The molecule has 1 fully saturated rings. The van der Waals surface area contributed by atoms with Crippen molar-refractivity contribution in [3.05, 3.63) is 0 Å². The van der Waals surface area contributed by atoms with Gasteiger partial charge in [0.05, 0.1) is 13.2 Å². The monoisotopic (exact) mass is 126 g/mol. The third-order valence-electron chi connectivity index (χ3n) is 0.469. The summed E-state index contributed by atoms with van der Waals surface area (Å²) in [5.74, 6) is 0. The van der Waals surface area contributed by atoms with Crippen molar-refractivity contribution in [2.75, 3.05) is 13.2 Å². The molecule has 1 aliphatic heterocycles. The second kappa shape index (κ2) is 2.08. The average molecular weight is 126 g/mol. The fourth-order valence-corrected chi connectivity index (χ4v) is 1.18. The van der Waals surface area contributed by atoms with Gasteiger partial charge in [-0.25, -0.2) is 0 Å². The highest BCUT2D eigenvalue weighted by Gasteiger charge is 2.11. The van der Waals surface area contributed by atoms with Crippen molar-refractivity contribution in [1.29, 1.82) is 0 Å².